The van der Waals surface area contributed by atoms with Crippen LogP contribution in [0.2, 0.25) is 0 Å². The van der Waals surface area contributed by atoms with Crippen LogP contribution in [-0.2, 0) is 17.8 Å². The normalized spacial score (nSPS) is 15.2. The molecule has 0 radical (unpaired) electrons. The minimum atomic E-state index is -0.255. The van der Waals surface area contributed by atoms with Crippen LogP contribution in [0.5, 0.6) is 0 Å². The first-order valence-electron chi connectivity index (χ1n) is 10.1. The maximum atomic E-state index is 11.6. The molecule has 1 aromatic heterocycles. The predicted molar refractivity (Wildman–Crippen MR) is 113 cm³/mol. The molecule has 1 saturated heterocycles. The van der Waals surface area contributed by atoms with Crippen LogP contribution in [0.15, 0.2) is 47.7 Å². The number of guanidine groups is 1. The fourth-order valence-corrected chi connectivity index (χ4v) is 3.41. The third kappa shape index (κ3) is 5.97. The quantitative estimate of drug-likeness (QED) is 0.576. The van der Waals surface area contributed by atoms with Crippen molar-refractivity contribution in [2.75, 3.05) is 26.7 Å². The Hall–Kier alpha value is -3.03. The van der Waals surface area contributed by atoms with Crippen LogP contribution >= 0.6 is 0 Å². The summed E-state index contributed by atoms with van der Waals surface area (Å²) in [6.07, 6.45) is 5.27. The van der Waals surface area contributed by atoms with Gasteiger partial charge in [-0.15, -0.1) is 0 Å². The van der Waals surface area contributed by atoms with Gasteiger partial charge in [-0.3, -0.25) is 0 Å². The zero-order chi connectivity index (χ0) is 20.5. The molecule has 0 atom stereocenters. The molecule has 8 nitrogen and oxygen atoms in total. The van der Waals surface area contributed by atoms with E-state index in [1.807, 2.05) is 37.5 Å². The Balaban J connectivity index is 1.58. The number of carbonyl (C=O) groups is 1. The number of nitrogens with one attached hydrogen (secondary N) is 2. The lowest BCUT2D eigenvalue weighted by Gasteiger charge is -2.32. The molecule has 2 N–H and O–H groups in total. The van der Waals surface area contributed by atoms with Gasteiger partial charge in [0.15, 0.2) is 5.96 Å². The van der Waals surface area contributed by atoms with Crippen LogP contribution < -0.4 is 10.6 Å². The zero-order valence-corrected chi connectivity index (χ0v) is 17.2. The Morgan fingerprint density at radius 3 is 2.72 bits per heavy atom. The maximum absolute atomic E-state index is 11.6. The van der Waals surface area contributed by atoms with Gasteiger partial charge in [-0.25, -0.2) is 14.8 Å². The number of carbonyl (C=O) groups excluding carboxylic acids is 1. The van der Waals surface area contributed by atoms with E-state index in [1.165, 1.54) is 12.7 Å². The van der Waals surface area contributed by atoms with Gasteiger partial charge in [-0.1, -0.05) is 30.3 Å². The summed E-state index contributed by atoms with van der Waals surface area (Å²) < 4.78 is 6.92. The van der Waals surface area contributed by atoms with Gasteiger partial charge in [-0.2, -0.15) is 0 Å². The number of nitrogens with zero attached hydrogens (tertiary/aromatic N) is 4. The van der Waals surface area contributed by atoms with Gasteiger partial charge in [-0.05, 0) is 25.3 Å². The zero-order valence-electron chi connectivity index (χ0n) is 17.2. The second-order valence-electron chi connectivity index (χ2n) is 7.03. The largest absolute Gasteiger partial charge is 0.453 e. The van der Waals surface area contributed by atoms with Gasteiger partial charge >= 0.3 is 6.09 Å². The Labute approximate surface area is 172 Å². The molecule has 1 amide bonds. The molecular formula is C21H30N6O2. The van der Waals surface area contributed by atoms with Crippen molar-refractivity contribution in [1.29, 1.82) is 0 Å². The van der Waals surface area contributed by atoms with Crippen LogP contribution in [0.25, 0.3) is 0 Å². The van der Waals surface area contributed by atoms with Crippen molar-refractivity contribution in [2.24, 2.45) is 4.99 Å². The molecule has 1 aliphatic heterocycles. The standard InChI is InChI=1S/C21H30N6O2/c1-3-22-20(25-18-9-12-26(13-10-18)21(28)29-2)24-15-19-23-11-14-27(19)16-17-7-5-4-6-8-17/h4-8,11,14,18H,3,9-10,12-13,15-16H2,1-2H3,(H2,22,24,25). The highest BCUT2D eigenvalue weighted by molar-refractivity contribution is 5.80. The monoisotopic (exact) mass is 398 g/mol. The van der Waals surface area contributed by atoms with E-state index in [9.17, 15) is 4.79 Å². The van der Waals surface area contributed by atoms with E-state index < -0.39 is 0 Å². The van der Waals surface area contributed by atoms with Crippen molar-refractivity contribution in [3.05, 3.63) is 54.1 Å². The van der Waals surface area contributed by atoms with Crippen molar-refractivity contribution in [1.82, 2.24) is 25.1 Å². The third-order valence-electron chi connectivity index (χ3n) is 4.99. The molecular weight excluding hydrogens is 368 g/mol. The first kappa shape index (κ1) is 20.7. The summed E-state index contributed by atoms with van der Waals surface area (Å²) in [5.41, 5.74) is 1.23. The average Bonchev–Trinajstić information content (AvgIpc) is 3.19. The smallest absolute Gasteiger partial charge is 0.409 e. The Morgan fingerprint density at radius 2 is 2.03 bits per heavy atom. The Bertz CT molecular complexity index is 797. The highest BCUT2D eigenvalue weighted by atomic mass is 16.5. The highest BCUT2D eigenvalue weighted by Gasteiger charge is 2.23. The van der Waals surface area contributed by atoms with E-state index in [2.05, 4.69) is 32.3 Å². The molecule has 1 fully saturated rings. The maximum Gasteiger partial charge on any atom is 0.409 e. The highest BCUT2D eigenvalue weighted by Crippen LogP contribution is 2.11. The minimum absolute atomic E-state index is 0.255. The molecule has 0 unspecified atom stereocenters. The molecule has 2 heterocycles. The number of amides is 1. The van der Waals surface area contributed by atoms with Crippen LogP contribution in [0, 0.1) is 0 Å². The number of hydrogen-bond acceptors (Lipinski definition) is 4. The SMILES string of the molecule is CCNC(=NCc1nccn1Cc1ccccc1)NC1CCN(C(=O)OC)CC1. The number of benzene rings is 1. The van der Waals surface area contributed by atoms with Crippen molar-refractivity contribution in [3.8, 4) is 0 Å². The van der Waals surface area contributed by atoms with Gasteiger partial charge in [0.05, 0.1) is 7.11 Å². The van der Waals surface area contributed by atoms with E-state index in [0.717, 1.165) is 37.7 Å². The molecule has 0 spiro atoms. The number of imidazole rings is 1. The fourth-order valence-electron chi connectivity index (χ4n) is 3.41. The molecule has 0 bridgehead atoms. The average molecular weight is 399 g/mol. The van der Waals surface area contributed by atoms with Crippen molar-refractivity contribution < 1.29 is 9.53 Å². The number of piperidine rings is 1. The van der Waals surface area contributed by atoms with Gasteiger partial charge in [0.25, 0.3) is 0 Å². The molecule has 8 heteroatoms. The third-order valence-corrected chi connectivity index (χ3v) is 4.99. The number of rotatable bonds is 6. The second-order valence-corrected chi connectivity index (χ2v) is 7.03. The Kier molecular flexibility index (Phi) is 7.49. The van der Waals surface area contributed by atoms with Crippen molar-refractivity contribution in [2.45, 2.75) is 38.9 Å². The van der Waals surface area contributed by atoms with Gasteiger partial charge < -0.3 is 24.8 Å². The summed E-state index contributed by atoms with van der Waals surface area (Å²) in [5, 5.41) is 6.79. The number of ether oxygens (including phenoxy) is 1. The number of aromatic nitrogens is 2. The summed E-state index contributed by atoms with van der Waals surface area (Å²) in [4.78, 5) is 22.6. The molecule has 1 aromatic carbocycles. The molecule has 3 rings (SSSR count). The summed E-state index contributed by atoms with van der Waals surface area (Å²) in [5.74, 6) is 1.70. The van der Waals surface area contributed by atoms with Crippen LogP contribution in [0.1, 0.15) is 31.2 Å². The molecule has 1 aliphatic rings. The topological polar surface area (TPSA) is 83.8 Å². The van der Waals surface area contributed by atoms with E-state index in [1.54, 1.807) is 4.90 Å². The van der Waals surface area contributed by atoms with Crippen LogP contribution in [0.4, 0.5) is 4.79 Å². The summed E-state index contributed by atoms with van der Waals surface area (Å²) >= 11 is 0. The van der Waals surface area contributed by atoms with Gasteiger partial charge in [0.1, 0.15) is 12.4 Å². The van der Waals surface area contributed by atoms with E-state index in [4.69, 9.17) is 9.73 Å². The summed E-state index contributed by atoms with van der Waals surface area (Å²) in [6.45, 7) is 5.48. The predicted octanol–water partition coefficient (Wildman–Crippen LogP) is 2.22. The van der Waals surface area contributed by atoms with Crippen molar-refractivity contribution in [3.63, 3.8) is 0 Å². The lowest BCUT2D eigenvalue weighted by molar-refractivity contribution is 0.111. The molecule has 0 saturated carbocycles. The summed E-state index contributed by atoms with van der Waals surface area (Å²) in [6, 6.07) is 10.6. The van der Waals surface area contributed by atoms with E-state index in [0.29, 0.717) is 19.6 Å². The minimum Gasteiger partial charge on any atom is -0.453 e. The van der Waals surface area contributed by atoms with E-state index >= 15 is 0 Å². The number of aliphatic imine (C=N–C) groups is 1. The van der Waals surface area contributed by atoms with Gasteiger partial charge in [0, 0.05) is 44.6 Å². The van der Waals surface area contributed by atoms with Crippen molar-refractivity contribution >= 4 is 12.1 Å². The van der Waals surface area contributed by atoms with E-state index in [-0.39, 0.29) is 12.1 Å². The summed E-state index contributed by atoms with van der Waals surface area (Å²) in [7, 11) is 1.42. The number of hydrogen-bond donors (Lipinski definition) is 2. The second kappa shape index (κ2) is 10.5. The Morgan fingerprint density at radius 1 is 1.28 bits per heavy atom. The fraction of sp³-hybridized carbons (Fsp3) is 0.476. The lowest BCUT2D eigenvalue weighted by atomic mass is 10.1. The molecule has 0 aliphatic carbocycles. The first-order chi connectivity index (χ1) is 14.2. The van der Waals surface area contributed by atoms with Crippen LogP contribution in [-0.4, -0.2) is 59.3 Å². The molecule has 2 aromatic rings. The van der Waals surface area contributed by atoms with Gasteiger partial charge in [0.2, 0.25) is 0 Å². The lowest BCUT2D eigenvalue weighted by Crippen LogP contribution is -2.49. The molecule has 156 valence electrons. The first-order valence-corrected chi connectivity index (χ1v) is 10.1. The van der Waals surface area contributed by atoms with Crippen LogP contribution in [0.3, 0.4) is 0 Å². The number of methoxy groups -OCH3 is 1. The number of likely N-dealkylation sites (tertiary alicyclic amines) is 1. The molecule has 29 heavy (non-hydrogen) atoms.